The van der Waals surface area contributed by atoms with Gasteiger partial charge in [-0.25, -0.2) is 0 Å². The molecule has 0 saturated carbocycles. The van der Waals surface area contributed by atoms with Gasteiger partial charge in [-0.2, -0.15) is 0 Å². The monoisotopic (exact) mass is 628 g/mol. The summed E-state index contributed by atoms with van der Waals surface area (Å²) in [5.74, 6) is 0. The Morgan fingerprint density at radius 1 is 0.486 bits per heavy atom. The number of rotatable bonds is 21. The summed E-state index contributed by atoms with van der Waals surface area (Å²) in [7, 11) is -7.99. The zero-order chi connectivity index (χ0) is 28.2. The predicted octanol–water partition coefficient (Wildman–Crippen LogP) is 7.14. The van der Waals surface area contributed by atoms with Crippen LogP contribution in [0.1, 0.15) is 138 Å². The van der Waals surface area contributed by atoms with Crippen LogP contribution in [0.3, 0.4) is 0 Å². The number of unbranched alkanes of at least 4 members (excludes halogenated alkanes) is 9. The molecule has 0 aliphatic rings. The van der Waals surface area contributed by atoms with Crippen molar-refractivity contribution in [2.45, 2.75) is 156 Å². The summed E-state index contributed by atoms with van der Waals surface area (Å²) in [5.41, 5.74) is 0. The maximum atomic E-state index is 10.1. The van der Waals surface area contributed by atoms with E-state index < -0.39 is 24.8 Å². The third kappa shape index (κ3) is 46.8. The van der Waals surface area contributed by atoms with Gasteiger partial charge in [-0.05, 0) is 53.7 Å². The summed E-state index contributed by atoms with van der Waals surface area (Å²) in [6, 6.07) is 0. The van der Waals surface area contributed by atoms with Crippen molar-refractivity contribution in [1.82, 2.24) is 0 Å². The quantitative estimate of drug-likeness (QED) is 0.0955. The van der Waals surface area contributed by atoms with Gasteiger partial charge in [0.2, 0.25) is 0 Å². The van der Waals surface area contributed by atoms with Crippen LogP contribution >= 0.6 is 24.8 Å². The molecule has 6 atom stereocenters. The van der Waals surface area contributed by atoms with Gasteiger partial charge >= 0.3 is 42.1 Å². The van der Waals surface area contributed by atoms with Gasteiger partial charge in [0.05, 0.1) is 0 Å². The largest absolute Gasteiger partial charge is 3.00 e. The fraction of sp³-hybridized carbons (Fsp3) is 1.00. The van der Waals surface area contributed by atoms with Crippen LogP contribution in [0.15, 0.2) is 0 Å². The summed E-state index contributed by atoms with van der Waals surface area (Å²) in [4.78, 5) is 30.3. The van der Waals surface area contributed by atoms with Crippen LogP contribution in [0.5, 0.6) is 0 Å². The molecular weight excluding hydrogens is 577 g/mol. The van der Waals surface area contributed by atoms with E-state index >= 15 is 0 Å². The van der Waals surface area contributed by atoms with Crippen molar-refractivity contribution in [3.63, 3.8) is 0 Å². The Kier molecular flexibility index (Phi) is 41.7. The second-order valence-electron chi connectivity index (χ2n) is 8.97. The average Bonchev–Trinajstić information content (AvgIpc) is 2.77. The smallest absolute Gasteiger partial charge is 0.566 e. The minimum Gasteiger partial charge on any atom is -0.566 e. The van der Waals surface area contributed by atoms with E-state index in [4.69, 9.17) is 0 Å². The topological polar surface area (TPSA) is 148 Å². The van der Waals surface area contributed by atoms with Crippen molar-refractivity contribution < 1.29 is 59.3 Å². The molecule has 0 aliphatic carbocycles. The van der Waals surface area contributed by atoms with E-state index in [-0.39, 0.29) is 35.7 Å². The van der Waals surface area contributed by atoms with Crippen LogP contribution < -0.4 is 14.7 Å². The van der Waals surface area contributed by atoms with E-state index in [1.165, 1.54) is 57.8 Å². The van der Waals surface area contributed by atoms with Gasteiger partial charge in [-0.15, -0.1) is 13.6 Å². The molecular formula is C24H51CrO9P3+3. The Morgan fingerprint density at radius 2 is 0.703 bits per heavy atom. The molecule has 37 heavy (non-hydrogen) atoms. The van der Waals surface area contributed by atoms with Gasteiger partial charge in [-0.1, -0.05) is 97.8 Å². The maximum absolute atomic E-state index is 10.1. The second-order valence-corrected chi connectivity index (χ2v) is 10.9. The van der Waals surface area contributed by atoms with E-state index in [0.717, 1.165) is 38.5 Å². The van der Waals surface area contributed by atoms with Crippen LogP contribution in [0.2, 0.25) is 0 Å². The number of hydrogen-bond donors (Lipinski definition) is 0. The molecule has 0 aromatic rings. The zero-order valence-electron chi connectivity index (χ0n) is 23.8. The molecule has 0 aromatic heterocycles. The fourth-order valence-corrected chi connectivity index (χ4v) is 4.37. The normalized spacial score (nSPS) is 14.0. The van der Waals surface area contributed by atoms with Crippen LogP contribution in [0.4, 0.5) is 0 Å². The Hall–Kier alpha value is 0.592. The molecule has 0 spiro atoms. The molecule has 0 N–H and O–H groups in total. The van der Waals surface area contributed by atoms with Crippen molar-refractivity contribution in [3.8, 4) is 0 Å². The van der Waals surface area contributed by atoms with Crippen LogP contribution in [-0.2, 0) is 44.6 Å². The predicted molar refractivity (Wildman–Crippen MR) is 141 cm³/mol. The molecule has 0 rings (SSSR count). The van der Waals surface area contributed by atoms with Gasteiger partial charge in [-0.3, -0.25) is 0 Å². The average molecular weight is 629 g/mol. The summed E-state index contributed by atoms with van der Waals surface area (Å²) >= 11 is 0. The Bertz CT molecular complexity index is 460. The third-order valence-electron chi connectivity index (χ3n) is 5.19. The van der Waals surface area contributed by atoms with Gasteiger partial charge in [0.1, 0.15) is 18.3 Å². The Labute approximate surface area is 239 Å². The molecule has 6 unspecified atom stereocenters. The molecule has 13 heteroatoms. The van der Waals surface area contributed by atoms with Gasteiger partial charge < -0.3 is 14.7 Å². The van der Waals surface area contributed by atoms with Crippen molar-refractivity contribution in [2.75, 3.05) is 0 Å². The van der Waals surface area contributed by atoms with Crippen molar-refractivity contribution >= 4 is 24.8 Å². The van der Waals surface area contributed by atoms with E-state index in [9.17, 15) is 28.4 Å². The first-order valence-electron chi connectivity index (χ1n) is 13.4. The van der Waals surface area contributed by atoms with Crippen molar-refractivity contribution in [3.05, 3.63) is 0 Å². The van der Waals surface area contributed by atoms with Gasteiger partial charge in [0, 0.05) is 0 Å². The molecule has 0 heterocycles. The fourth-order valence-electron chi connectivity index (χ4n) is 3.17. The van der Waals surface area contributed by atoms with Gasteiger partial charge in [0.15, 0.2) is 0 Å². The van der Waals surface area contributed by atoms with Gasteiger partial charge in [0.25, 0.3) is 0 Å². The minimum absolute atomic E-state index is 0. The van der Waals surface area contributed by atoms with Crippen molar-refractivity contribution in [1.29, 1.82) is 0 Å². The summed E-state index contributed by atoms with van der Waals surface area (Å²) in [5, 5.41) is 0. The van der Waals surface area contributed by atoms with Crippen LogP contribution in [-0.4, -0.2) is 18.3 Å². The van der Waals surface area contributed by atoms with Crippen LogP contribution in [0.25, 0.3) is 0 Å². The first kappa shape index (κ1) is 44.6. The van der Waals surface area contributed by atoms with E-state index in [1.807, 2.05) is 0 Å². The van der Waals surface area contributed by atoms with E-state index in [2.05, 4.69) is 34.3 Å². The van der Waals surface area contributed by atoms with Crippen molar-refractivity contribution in [2.24, 2.45) is 0 Å². The Morgan fingerprint density at radius 3 is 0.865 bits per heavy atom. The molecule has 1 radical (unpaired) electrons. The SMILES string of the molecule is CCCCCCC(C)O[P+](=O)[O-].CCCCCCC(C)O[P+](=O)[O-].CCCCCCC(C)O[P+](=O)[O-].[Cr+3]. The van der Waals surface area contributed by atoms with E-state index in [0.29, 0.717) is 0 Å². The summed E-state index contributed by atoms with van der Waals surface area (Å²) in [6.45, 7) is 11.8. The number of hydrogen-bond acceptors (Lipinski definition) is 9. The molecule has 0 saturated heterocycles. The molecule has 219 valence electrons. The zero-order valence-corrected chi connectivity index (χ0v) is 27.7. The first-order valence-corrected chi connectivity index (χ1v) is 16.7. The molecule has 0 fully saturated rings. The third-order valence-corrected chi connectivity index (χ3v) is 6.79. The van der Waals surface area contributed by atoms with Crippen LogP contribution in [0, 0.1) is 0 Å². The summed E-state index contributed by atoms with van der Waals surface area (Å²) < 4.78 is 44.1. The standard InChI is InChI=1S/3C8H17O3P.Cr/c3*1-3-4-5-6-7-8(2)11-12(9)10;/h3*8H,3-7H2,1-2H3;/q;;;+3. The molecule has 0 aromatic carbocycles. The molecule has 0 aliphatic heterocycles. The summed E-state index contributed by atoms with van der Waals surface area (Å²) in [6.07, 6.45) is 16.0. The molecule has 9 nitrogen and oxygen atoms in total. The van der Waals surface area contributed by atoms with E-state index in [1.54, 1.807) is 20.8 Å². The minimum atomic E-state index is -2.66. The second kappa shape index (κ2) is 34.6. The molecule has 0 amide bonds. The maximum Gasteiger partial charge on any atom is 3.00 e. The Balaban J connectivity index is -0.000000218. The molecule has 0 bridgehead atoms. The first-order chi connectivity index (χ1) is 17.0.